The standard InChI is InChI=1S/C16H16N2O4/c19-14-11-9-18(8-10-4-2-1-3-5-10)7-6-12(11)17-15(20)13(14)16(21)22/h1-5H,6-9H2,(H,21,22)(H2,17,19,20). The second-order valence-electron chi connectivity index (χ2n) is 5.34. The first-order valence-corrected chi connectivity index (χ1v) is 6.99. The van der Waals surface area contributed by atoms with E-state index in [0.717, 1.165) is 12.1 Å². The van der Waals surface area contributed by atoms with Gasteiger partial charge in [0.2, 0.25) is 5.88 Å². The zero-order chi connectivity index (χ0) is 15.7. The second-order valence-corrected chi connectivity index (χ2v) is 5.34. The lowest BCUT2D eigenvalue weighted by atomic mass is 10.0. The molecule has 3 rings (SSSR count). The highest BCUT2D eigenvalue weighted by Gasteiger charge is 2.27. The maximum atomic E-state index is 11.1. The summed E-state index contributed by atoms with van der Waals surface area (Å²) in [5.41, 5.74) is 1.66. The van der Waals surface area contributed by atoms with E-state index >= 15 is 0 Å². The molecule has 3 N–H and O–H groups in total. The maximum absolute atomic E-state index is 11.1. The van der Waals surface area contributed by atoms with Crippen molar-refractivity contribution in [3.05, 3.63) is 52.7 Å². The summed E-state index contributed by atoms with van der Waals surface area (Å²) >= 11 is 0. The monoisotopic (exact) mass is 300 g/mol. The fourth-order valence-corrected chi connectivity index (χ4v) is 2.76. The number of fused-ring (bicyclic) bond motifs is 1. The summed E-state index contributed by atoms with van der Waals surface area (Å²) in [6.45, 7) is 1.85. The summed E-state index contributed by atoms with van der Waals surface area (Å²) in [5, 5.41) is 28.9. The molecule has 114 valence electrons. The van der Waals surface area contributed by atoms with Gasteiger partial charge in [-0.3, -0.25) is 4.90 Å². The number of carboxylic acid groups (broad SMARTS) is 1. The number of benzene rings is 1. The molecule has 22 heavy (non-hydrogen) atoms. The van der Waals surface area contributed by atoms with Gasteiger partial charge in [0.1, 0.15) is 5.75 Å². The van der Waals surface area contributed by atoms with Crippen LogP contribution in [0.4, 0.5) is 0 Å². The van der Waals surface area contributed by atoms with Crippen LogP contribution in [0.1, 0.15) is 27.2 Å². The minimum absolute atomic E-state index is 0.382. The predicted molar refractivity (Wildman–Crippen MR) is 78.8 cm³/mol. The first kappa shape index (κ1) is 14.3. The molecule has 6 heteroatoms. The van der Waals surface area contributed by atoms with E-state index in [4.69, 9.17) is 5.11 Å². The Hall–Kier alpha value is -2.60. The minimum Gasteiger partial charge on any atom is -0.506 e. The van der Waals surface area contributed by atoms with Crippen molar-refractivity contribution in [2.24, 2.45) is 0 Å². The molecule has 2 aromatic rings. The third-order valence-corrected chi connectivity index (χ3v) is 3.84. The normalized spacial score (nSPS) is 14.5. The molecule has 1 aromatic carbocycles. The Balaban J connectivity index is 1.89. The Morgan fingerprint density at radius 3 is 2.64 bits per heavy atom. The average molecular weight is 300 g/mol. The summed E-state index contributed by atoms with van der Waals surface area (Å²) < 4.78 is 0. The lowest BCUT2D eigenvalue weighted by molar-refractivity contribution is 0.0688. The van der Waals surface area contributed by atoms with Crippen molar-refractivity contribution in [1.82, 2.24) is 9.88 Å². The Kier molecular flexibility index (Phi) is 3.68. The highest BCUT2D eigenvalue weighted by Crippen LogP contribution is 2.34. The Labute approximate surface area is 127 Å². The van der Waals surface area contributed by atoms with Crippen LogP contribution in [0.5, 0.6) is 11.6 Å². The molecule has 1 aliphatic heterocycles. The van der Waals surface area contributed by atoms with E-state index in [1.807, 2.05) is 30.3 Å². The van der Waals surface area contributed by atoms with E-state index in [9.17, 15) is 15.0 Å². The van der Waals surface area contributed by atoms with E-state index in [-0.39, 0.29) is 5.75 Å². The summed E-state index contributed by atoms with van der Waals surface area (Å²) in [6, 6.07) is 9.92. The molecule has 0 radical (unpaired) electrons. The molecule has 1 aliphatic rings. The maximum Gasteiger partial charge on any atom is 0.345 e. The number of hydrogen-bond donors (Lipinski definition) is 3. The Bertz CT molecular complexity index is 716. The van der Waals surface area contributed by atoms with Gasteiger partial charge in [-0.05, 0) is 5.56 Å². The molecule has 0 atom stereocenters. The van der Waals surface area contributed by atoms with E-state index in [1.54, 1.807) is 0 Å². The number of aromatic hydroxyl groups is 2. The fraction of sp³-hybridized carbons (Fsp3) is 0.250. The van der Waals surface area contributed by atoms with Crippen LogP contribution in [-0.4, -0.2) is 37.7 Å². The summed E-state index contributed by atoms with van der Waals surface area (Å²) in [6.07, 6.45) is 0.559. The topological polar surface area (TPSA) is 93.9 Å². The number of rotatable bonds is 3. The van der Waals surface area contributed by atoms with Crippen LogP contribution < -0.4 is 0 Å². The molecule has 2 heterocycles. The third kappa shape index (κ3) is 2.60. The first-order chi connectivity index (χ1) is 10.6. The zero-order valence-corrected chi connectivity index (χ0v) is 11.9. The van der Waals surface area contributed by atoms with Crippen molar-refractivity contribution >= 4 is 5.97 Å². The lowest BCUT2D eigenvalue weighted by Crippen LogP contribution is -2.31. The van der Waals surface area contributed by atoms with Gasteiger partial charge in [-0.1, -0.05) is 30.3 Å². The van der Waals surface area contributed by atoms with Crippen molar-refractivity contribution in [1.29, 1.82) is 0 Å². The molecule has 1 aromatic heterocycles. The van der Waals surface area contributed by atoms with Gasteiger partial charge < -0.3 is 15.3 Å². The fourth-order valence-electron chi connectivity index (χ4n) is 2.76. The molecule has 0 saturated heterocycles. The van der Waals surface area contributed by atoms with Gasteiger partial charge in [0, 0.05) is 31.6 Å². The minimum atomic E-state index is -1.38. The number of carbonyl (C=O) groups is 1. The van der Waals surface area contributed by atoms with Gasteiger partial charge in [-0.2, -0.15) is 0 Å². The number of carboxylic acids is 1. The molecule has 0 unspecified atom stereocenters. The van der Waals surface area contributed by atoms with Crippen LogP contribution in [0.25, 0.3) is 0 Å². The van der Waals surface area contributed by atoms with Crippen LogP contribution in [0, 0.1) is 0 Å². The smallest absolute Gasteiger partial charge is 0.345 e. The van der Waals surface area contributed by atoms with Crippen molar-refractivity contribution < 1.29 is 20.1 Å². The van der Waals surface area contributed by atoms with Gasteiger partial charge in [-0.15, -0.1) is 0 Å². The second kappa shape index (κ2) is 5.65. The van der Waals surface area contributed by atoms with Crippen LogP contribution in [0.2, 0.25) is 0 Å². The van der Waals surface area contributed by atoms with Crippen LogP contribution in [-0.2, 0) is 19.5 Å². The quantitative estimate of drug-likeness (QED) is 0.799. The van der Waals surface area contributed by atoms with Crippen LogP contribution in [0.15, 0.2) is 30.3 Å². The number of hydrogen-bond acceptors (Lipinski definition) is 5. The third-order valence-electron chi connectivity index (χ3n) is 3.84. The van der Waals surface area contributed by atoms with Crippen LogP contribution in [0.3, 0.4) is 0 Å². The number of aromatic carboxylic acids is 1. The largest absolute Gasteiger partial charge is 0.506 e. The molecule has 0 saturated carbocycles. The van der Waals surface area contributed by atoms with E-state index < -0.39 is 17.4 Å². The van der Waals surface area contributed by atoms with Crippen molar-refractivity contribution in [3.8, 4) is 11.6 Å². The summed E-state index contributed by atoms with van der Waals surface area (Å²) in [4.78, 5) is 17.2. The summed E-state index contributed by atoms with van der Waals surface area (Å²) in [7, 11) is 0. The Morgan fingerprint density at radius 1 is 1.23 bits per heavy atom. The van der Waals surface area contributed by atoms with Gasteiger partial charge in [-0.25, -0.2) is 9.78 Å². The van der Waals surface area contributed by atoms with Gasteiger partial charge in [0.05, 0.1) is 5.69 Å². The van der Waals surface area contributed by atoms with Crippen molar-refractivity contribution in [3.63, 3.8) is 0 Å². The lowest BCUT2D eigenvalue weighted by Gasteiger charge is -2.29. The number of nitrogens with zero attached hydrogens (tertiary/aromatic N) is 2. The van der Waals surface area contributed by atoms with Gasteiger partial charge in [0.15, 0.2) is 5.56 Å². The highest BCUT2D eigenvalue weighted by atomic mass is 16.4. The SMILES string of the molecule is O=C(O)c1c(O)nc2c(c1O)CN(Cc1ccccc1)CC2. The van der Waals surface area contributed by atoms with E-state index in [2.05, 4.69) is 9.88 Å². The first-order valence-electron chi connectivity index (χ1n) is 6.99. The number of pyridine rings is 1. The molecular weight excluding hydrogens is 284 g/mol. The highest BCUT2D eigenvalue weighted by molar-refractivity contribution is 5.93. The molecule has 0 aliphatic carbocycles. The molecule has 0 fully saturated rings. The van der Waals surface area contributed by atoms with Gasteiger partial charge in [0.25, 0.3) is 0 Å². The van der Waals surface area contributed by atoms with Crippen molar-refractivity contribution in [2.45, 2.75) is 19.5 Å². The average Bonchev–Trinajstić information content (AvgIpc) is 2.49. The van der Waals surface area contributed by atoms with E-state index in [0.29, 0.717) is 30.8 Å². The summed E-state index contributed by atoms with van der Waals surface area (Å²) in [5.74, 6) is -2.39. The Morgan fingerprint density at radius 2 is 1.95 bits per heavy atom. The van der Waals surface area contributed by atoms with Gasteiger partial charge >= 0.3 is 5.97 Å². The predicted octanol–water partition coefficient (Wildman–Crippen LogP) is 1.75. The molecule has 6 nitrogen and oxygen atoms in total. The number of aromatic nitrogens is 1. The van der Waals surface area contributed by atoms with E-state index in [1.165, 1.54) is 0 Å². The molecule has 0 bridgehead atoms. The molecule has 0 spiro atoms. The molecule has 0 amide bonds. The van der Waals surface area contributed by atoms with Crippen molar-refractivity contribution in [2.75, 3.05) is 6.54 Å². The molecular formula is C16H16N2O4. The van der Waals surface area contributed by atoms with Crippen LogP contribution >= 0.6 is 0 Å². The zero-order valence-electron chi connectivity index (χ0n) is 11.9.